The quantitative estimate of drug-likeness (QED) is 0.284. The second kappa shape index (κ2) is 8.90. The third-order valence-corrected chi connectivity index (χ3v) is 6.85. The average molecular weight is 552 g/mol. The van der Waals surface area contributed by atoms with Crippen molar-refractivity contribution < 1.29 is 19.4 Å². The Morgan fingerprint density at radius 3 is 2.33 bits per heavy atom. The van der Waals surface area contributed by atoms with E-state index in [0.29, 0.717) is 12.2 Å². The number of benzene rings is 3. The van der Waals surface area contributed by atoms with Crippen LogP contribution < -0.4 is 5.32 Å². The minimum Gasteiger partial charge on any atom is -0.481 e. The van der Waals surface area contributed by atoms with Gasteiger partial charge in [-0.2, -0.15) is 0 Å². The van der Waals surface area contributed by atoms with E-state index in [1.54, 1.807) is 0 Å². The number of anilines is 1. The standard InChI is InChI=1S/C26H21IN2O4/c27-23-14-29(12-11-25(30)31)24-13-16(9-10-21(23)24)28-26(32)33-15-22-19-7-3-1-5-17(19)18-6-2-4-8-20(18)22/h1-10,13-14,22H,11-12,15H2,(H,28,32)(H,30,31). The summed E-state index contributed by atoms with van der Waals surface area (Å²) in [5.74, 6) is -0.847. The molecule has 2 N–H and O–H groups in total. The van der Waals surface area contributed by atoms with Gasteiger partial charge in [-0.15, -0.1) is 0 Å². The highest BCUT2D eigenvalue weighted by molar-refractivity contribution is 14.1. The van der Waals surface area contributed by atoms with Crippen molar-refractivity contribution in [2.45, 2.75) is 18.9 Å². The topological polar surface area (TPSA) is 80.6 Å². The summed E-state index contributed by atoms with van der Waals surface area (Å²) in [7, 11) is 0. The number of hydrogen-bond donors (Lipinski definition) is 2. The Labute approximate surface area is 204 Å². The molecule has 1 heterocycles. The molecule has 6 nitrogen and oxygen atoms in total. The molecule has 1 aliphatic rings. The van der Waals surface area contributed by atoms with E-state index in [1.165, 1.54) is 22.3 Å². The van der Waals surface area contributed by atoms with E-state index in [9.17, 15) is 9.59 Å². The monoisotopic (exact) mass is 552 g/mol. The van der Waals surface area contributed by atoms with Gasteiger partial charge < -0.3 is 14.4 Å². The molecule has 0 saturated carbocycles. The van der Waals surface area contributed by atoms with E-state index < -0.39 is 12.1 Å². The predicted molar refractivity (Wildman–Crippen MR) is 136 cm³/mol. The number of fused-ring (bicyclic) bond motifs is 4. The van der Waals surface area contributed by atoms with Crippen molar-refractivity contribution in [3.63, 3.8) is 0 Å². The summed E-state index contributed by atoms with van der Waals surface area (Å²) in [5.41, 5.74) is 6.17. The summed E-state index contributed by atoms with van der Waals surface area (Å²) in [6.45, 7) is 0.609. The zero-order valence-corrected chi connectivity index (χ0v) is 19.8. The fourth-order valence-electron chi connectivity index (χ4n) is 4.48. The van der Waals surface area contributed by atoms with Gasteiger partial charge in [0, 0.05) is 33.3 Å². The molecule has 0 spiro atoms. The maximum Gasteiger partial charge on any atom is 0.411 e. The Hall–Kier alpha value is -3.33. The highest BCUT2D eigenvalue weighted by Crippen LogP contribution is 2.44. The largest absolute Gasteiger partial charge is 0.481 e. The van der Waals surface area contributed by atoms with Crippen LogP contribution in [0.1, 0.15) is 23.5 Å². The second-order valence-corrected chi connectivity index (χ2v) is 9.16. The Morgan fingerprint density at radius 1 is 1.00 bits per heavy atom. The van der Waals surface area contributed by atoms with Crippen molar-refractivity contribution in [3.8, 4) is 11.1 Å². The van der Waals surface area contributed by atoms with Crippen molar-refractivity contribution in [2.24, 2.45) is 0 Å². The molecule has 0 bridgehead atoms. The average Bonchev–Trinajstić information content (AvgIpc) is 3.30. The van der Waals surface area contributed by atoms with Crippen LogP contribution in [0, 0.1) is 3.57 Å². The molecule has 3 aromatic carbocycles. The molecule has 1 aromatic heterocycles. The number of carbonyl (C=O) groups excluding carboxylic acids is 1. The Kier molecular flexibility index (Phi) is 5.80. The van der Waals surface area contributed by atoms with E-state index in [1.807, 2.05) is 53.2 Å². The first kappa shape index (κ1) is 21.5. The van der Waals surface area contributed by atoms with Crippen molar-refractivity contribution in [2.75, 3.05) is 11.9 Å². The smallest absolute Gasteiger partial charge is 0.411 e. The highest BCUT2D eigenvalue weighted by atomic mass is 127. The summed E-state index contributed by atoms with van der Waals surface area (Å²) in [4.78, 5) is 23.6. The van der Waals surface area contributed by atoms with Crippen LogP contribution in [0.4, 0.5) is 10.5 Å². The van der Waals surface area contributed by atoms with Gasteiger partial charge in [0.2, 0.25) is 0 Å². The second-order valence-electron chi connectivity index (χ2n) is 8.00. The van der Waals surface area contributed by atoms with E-state index >= 15 is 0 Å². The zero-order chi connectivity index (χ0) is 22.9. The molecular weight excluding hydrogens is 531 g/mol. The zero-order valence-electron chi connectivity index (χ0n) is 17.6. The minimum absolute atomic E-state index is 0.000425. The summed E-state index contributed by atoms with van der Waals surface area (Å²) in [6, 6.07) is 22.0. The number of amides is 1. The molecule has 7 heteroatoms. The van der Waals surface area contributed by atoms with Gasteiger partial charge in [0.25, 0.3) is 0 Å². The molecule has 1 aliphatic carbocycles. The lowest BCUT2D eigenvalue weighted by Crippen LogP contribution is -2.17. The van der Waals surface area contributed by atoms with Gasteiger partial charge in [-0.05, 0) is 63.0 Å². The van der Waals surface area contributed by atoms with Crippen LogP contribution in [0.5, 0.6) is 0 Å². The number of halogens is 1. The molecule has 1 amide bonds. The number of ether oxygens (including phenoxy) is 1. The van der Waals surface area contributed by atoms with Crippen LogP contribution in [0.25, 0.3) is 22.0 Å². The van der Waals surface area contributed by atoms with Crippen LogP contribution in [-0.2, 0) is 16.1 Å². The van der Waals surface area contributed by atoms with E-state index in [4.69, 9.17) is 9.84 Å². The van der Waals surface area contributed by atoms with Gasteiger partial charge in [0.1, 0.15) is 6.61 Å². The third-order valence-electron chi connectivity index (χ3n) is 5.99. The molecule has 166 valence electrons. The Morgan fingerprint density at radius 2 is 1.67 bits per heavy atom. The maximum atomic E-state index is 12.6. The van der Waals surface area contributed by atoms with Crippen molar-refractivity contribution in [1.29, 1.82) is 0 Å². The maximum absolute atomic E-state index is 12.6. The van der Waals surface area contributed by atoms with Crippen LogP contribution in [0.15, 0.2) is 72.9 Å². The summed E-state index contributed by atoms with van der Waals surface area (Å²) in [6.07, 6.45) is 1.43. The molecule has 0 radical (unpaired) electrons. The van der Waals surface area contributed by atoms with Crippen molar-refractivity contribution in [3.05, 3.63) is 87.6 Å². The lowest BCUT2D eigenvalue weighted by Gasteiger charge is -2.15. The Bertz CT molecular complexity index is 1330. The molecule has 0 atom stereocenters. The lowest BCUT2D eigenvalue weighted by molar-refractivity contribution is -0.137. The van der Waals surface area contributed by atoms with Crippen LogP contribution >= 0.6 is 22.6 Å². The first-order valence-corrected chi connectivity index (χ1v) is 11.7. The number of carbonyl (C=O) groups is 2. The van der Waals surface area contributed by atoms with Gasteiger partial charge in [-0.3, -0.25) is 10.1 Å². The molecule has 0 unspecified atom stereocenters. The highest BCUT2D eigenvalue weighted by Gasteiger charge is 2.29. The third kappa shape index (κ3) is 4.20. The number of carboxylic acid groups (broad SMARTS) is 1. The number of aryl methyl sites for hydroxylation is 1. The van der Waals surface area contributed by atoms with Crippen molar-refractivity contribution >= 4 is 51.2 Å². The van der Waals surface area contributed by atoms with Crippen LogP contribution in [0.2, 0.25) is 0 Å². The van der Waals surface area contributed by atoms with Crippen LogP contribution in [0.3, 0.4) is 0 Å². The van der Waals surface area contributed by atoms with E-state index in [2.05, 4.69) is 52.2 Å². The SMILES string of the molecule is O=C(O)CCn1cc(I)c2ccc(NC(=O)OCC3c4ccccc4-c4ccccc43)cc21. The summed E-state index contributed by atoms with van der Waals surface area (Å²) >= 11 is 2.23. The number of aliphatic carboxylic acids is 1. The van der Waals surface area contributed by atoms with Gasteiger partial charge in [0.05, 0.1) is 11.9 Å². The van der Waals surface area contributed by atoms with Gasteiger partial charge in [-0.1, -0.05) is 48.5 Å². The first-order valence-electron chi connectivity index (χ1n) is 10.6. The molecule has 33 heavy (non-hydrogen) atoms. The van der Waals surface area contributed by atoms with Crippen LogP contribution in [-0.4, -0.2) is 28.3 Å². The lowest BCUT2D eigenvalue weighted by atomic mass is 9.98. The van der Waals surface area contributed by atoms with E-state index in [-0.39, 0.29) is 18.9 Å². The molecule has 0 fully saturated rings. The number of nitrogens with one attached hydrogen (secondary N) is 1. The minimum atomic E-state index is -0.847. The summed E-state index contributed by atoms with van der Waals surface area (Å²) < 4.78 is 8.56. The molecule has 4 aromatic rings. The first-order chi connectivity index (χ1) is 16.0. The summed E-state index contributed by atoms with van der Waals surface area (Å²) in [5, 5.41) is 12.8. The van der Waals surface area contributed by atoms with Gasteiger partial charge >= 0.3 is 12.1 Å². The van der Waals surface area contributed by atoms with Gasteiger partial charge in [-0.25, -0.2) is 4.79 Å². The molecule has 0 aliphatic heterocycles. The fourth-order valence-corrected chi connectivity index (χ4v) is 5.27. The fraction of sp³-hybridized carbons (Fsp3) is 0.154. The number of nitrogens with zero attached hydrogens (tertiary/aromatic N) is 1. The van der Waals surface area contributed by atoms with Crippen molar-refractivity contribution in [1.82, 2.24) is 4.57 Å². The predicted octanol–water partition coefficient (Wildman–Crippen LogP) is 6.08. The number of carboxylic acids is 1. The van der Waals surface area contributed by atoms with Gasteiger partial charge in [0.15, 0.2) is 0 Å². The molecular formula is C26H21IN2O4. The normalized spacial score (nSPS) is 12.4. The molecule has 5 rings (SSSR count). The Balaban J connectivity index is 1.31. The number of aromatic nitrogens is 1. The van der Waals surface area contributed by atoms with E-state index in [0.717, 1.165) is 14.5 Å². The molecule has 0 saturated heterocycles. The number of hydrogen-bond acceptors (Lipinski definition) is 3. The number of rotatable bonds is 6.